The highest BCUT2D eigenvalue weighted by molar-refractivity contribution is 5.91. The van der Waals surface area contributed by atoms with Crippen LogP contribution in [0.15, 0.2) is 30.5 Å². The molecule has 0 bridgehead atoms. The van der Waals surface area contributed by atoms with E-state index in [0.29, 0.717) is 11.1 Å². The highest BCUT2D eigenvalue weighted by atomic mass is 16.6. The third kappa shape index (κ3) is 2.90. The van der Waals surface area contributed by atoms with Crippen LogP contribution in [0.2, 0.25) is 0 Å². The molecule has 0 fully saturated rings. The molecule has 7 heteroatoms. The number of ether oxygens (including phenoxy) is 1. The van der Waals surface area contributed by atoms with E-state index < -0.39 is 10.5 Å². The molecular formula is C14H14N4O3. The maximum atomic E-state index is 11.0. The summed E-state index contributed by atoms with van der Waals surface area (Å²) in [7, 11) is 1.67. The molecule has 1 atom stereocenters. The van der Waals surface area contributed by atoms with Gasteiger partial charge < -0.3 is 4.74 Å². The average molecular weight is 286 g/mol. The van der Waals surface area contributed by atoms with Gasteiger partial charge in [-0.05, 0) is 32.2 Å². The Labute approximate surface area is 121 Å². The lowest BCUT2D eigenvalue weighted by Crippen LogP contribution is -2.43. The summed E-state index contributed by atoms with van der Waals surface area (Å²) in [4.78, 5) is 14.6. The maximum absolute atomic E-state index is 11.0. The monoisotopic (exact) mass is 286 g/mol. The van der Waals surface area contributed by atoms with Crippen molar-refractivity contribution in [2.24, 2.45) is 0 Å². The van der Waals surface area contributed by atoms with Crippen LogP contribution in [0.1, 0.15) is 6.92 Å². The standard InChI is InChI=1S/C14H14N4O3/c1-14(8-15,16-2)9-21-12-6-5-11(18(19)20)13-10(12)4-3-7-17-13/h3-7,16H,9H2,1-2H3. The predicted molar refractivity (Wildman–Crippen MR) is 77.0 cm³/mol. The lowest BCUT2D eigenvalue weighted by molar-refractivity contribution is -0.383. The number of pyridine rings is 1. The summed E-state index contributed by atoms with van der Waals surface area (Å²) in [5, 5.41) is 23.5. The topological polar surface area (TPSA) is 101 Å². The van der Waals surface area contributed by atoms with E-state index >= 15 is 0 Å². The van der Waals surface area contributed by atoms with Crippen molar-refractivity contribution in [1.82, 2.24) is 10.3 Å². The number of rotatable bonds is 5. The number of nitrogens with zero attached hydrogens (tertiary/aromatic N) is 3. The number of nitro benzene ring substituents is 1. The van der Waals surface area contributed by atoms with E-state index in [9.17, 15) is 10.1 Å². The highest BCUT2D eigenvalue weighted by Crippen LogP contribution is 2.31. The molecule has 0 amide bonds. The van der Waals surface area contributed by atoms with Crippen LogP contribution < -0.4 is 10.1 Å². The Balaban J connectivity index is 2.41. The molecule has 1 aromatic heterocycles. The van der Waals surface area contributed by atoms with Gasteiger partial charge in [0.1, 0.15) is 17.9 Å². The summed E-state index contributed by atoms with van der Waals surface area (Å²) in [6.07, 6.45) is 1.49. The lowest BCUT2D eigenvalue weighted by atomic mass is 10.1. The molecule has 0 aliphatic rings. The summed E-state index contributed by atoms with van der Waals surface area (Å²) >= 11 is 0. The number of benzene rings is 1. The van der Waals surface area contributed by atoms with Crippen molar-refractivity contribution < 1.29 is 9.66 Å². The van der Waals surface area contributed by atoms with E-state index in [-0.39, 0.29) is 17.8 Å². The van der Waals surface area contributed by atoms with Crippen molar-refractivity contribution in [2.45, 2.75) is 12.5 Å². The molecule has 2 rings (SSSR count). The van der Waals surface area contributed by atoms with Crippen LogP contribution in [0, 0.1) is 21.4 Å². The number of hydrogen-bond acceptors (Lipinski definition) is 6. The Morgan fingerprint density at radius 1 is 1.52 bits per heavy atom. The second-order valence-electron chi connectivity index (χ2n) is 4.72. The fraction of sp³-hybridized carbons (Fsp3) is 0.286. The number of nitriles is 1. The first-order chi connectivity index (χ1) is 10.0. The van der Waals surface area contributed by atoms with E-state index in [2.05, 4.69) is 16.4 Å². The van der Waals surface area contributed by atoms with Gasteiger partial charge in [-0.3, -0.25) is 15.4 Å². The molecule has 0 radical (unpaired) electrons. The quantitative estimate of drug-likeness (QED) is 0.666. The third-order valence-corrected chi connectivity index (χ3v) is 3.22. The number of hydrogen-bond donors (Lipinski definition) is 1. The van der Waals surface area contributed by atoms with E-state index in [4.69, 9.17) is 10.00 Å². The van der Waals surface area contributed by atoms with Crippen LogP contribution in [-0.4, -0.2) is 29.1 Å². The number of nitrogens with one attached hydrogen (secondary N) is 1. The minimum atomic E-state index is -0.837. The molecule has 2 aromatic rings. The number of non-ortho nitro benzene ring substituents is 1. The average Bonchev–Trinajstić information content (AvgIpc) is 2.52. The normalized spacial score (nSPS) is 13.4. The van der Waals surface area contributed by atoms with Crippen LogP contribution in [-0.2, 0) is 0 Å². The van der Waals surface area contributed by atoms with Crippen molar-refractivity contribution in [3.8, 4) is 11.8 Å². The van der Waals surface area contributed by atoms with Crippen molar-refractivity contribution >= 4 is 16.6 Å². The minimum absolute atomic E-state index is 0.0744. The first-order valence-corrected chi connectivity index (χ1v) is 6.26. The molecule has 0 saturated heterocycles. The molecular weight excluding hydrogens is 272 g/mol. The Morgan fingerprint density at radius 2 is 2.29 bits per heavy atom. The maximum Gasteiger partial charge on any atom is 0.295 e. The molecule has 1 aromatic carbocycles. The van der Waals surface area contributed by atoms with Gasteiger partial charge in [-0.2, -0.15) is 5.26 Å². The van der Waals surface area contributed by atoms with Crippen LogP contribution in [0.5, 0.6) is 5.75 Å². The Morgan fingerprint density at radius 3 is 2.90 bits per heavy atom. The van der Waals surface area contributed by atoms with E-state index in [1.165, 1.54) is 18.3 Å². The van der Waals surface area contributed by atoms with Crippen LogP contribution in [0.25, 0.3) is 10.9 Å². The molecule has 1 unspecified atom stereocenters. The predicted octanol–water partition coefficient (Wildman–Crippen LogP) is 2.02. The van der Waals surface area contributed by atoms with Crippen molar-refractivity contribution in [3.63, 3.8) is 0 Å². The molecule has 0 saturated carbocycles. The van der Waals surface area contributed by atoms with Crippen LogP contribution in [0.4, 0.5) is 5.69 Å². The minimum Gasteiger partial charge on any atom is -0.490 e. The number of likely N-dealkylation sites (N-methyl/N-ethyl adjacent to an activating group) is 1. The van der Waals surface area contributed by atoms with Gasteiger partial charge in [0, 0.05) is 17.6 Å². The largest absolute Gasteiger partial charge is 0.490 e. The summed E-state index contributed by atoms with van der Waals surface area (Å²) in [6.45, 7) is 1.82. The Kier molecular flexibility index (Phi) is 4.00. The molecule has 7 nitrogen and oxygen atoms in total. The molecule has 21 heavy (non-hydrogen) atoms. The molecule has 0 spiro atoms. The van der Waals surface area contributed by atoms with Gasteiger partial charge in [-0.15, -0.1) is 0 Å². The molecule has 1 heterocycles. The number of fused-ring (bicyclic) bond motifs is 1. The van der Waals surface area contributed by atoms with Crippen molar-refractivity contribution in [1.29, 1.82) is 5.26 Å². The molecule has 108 valence electrons. The second kappa shape index (κ2) is 5.73. The fourth-order valence-corrected chi connectivity index (χ4v) is 1.79. The summed E-state index contributed by atoms with van der Waals surface area (Å²) in [6, 6.07) is 8.38. The highest BCUT2D eigenvalue weighted by Gasteiger charge is 2.23. The van der Waals surface area contributed by atoms with E-state index in [1.807, 2.05) is 0 Å². The number of aromatic nitrogens is 1. The first kappa shape index (κ1) is 14.7. The summed E-state index contributed by atoms with van der Waals surface area (Å²) in [5.74, 6) is 0.459. The van der Waals surface area contributed by atoms with Gasteiger partial charge in [-0.1, -0.05) is 0 Å². The Hall–Kier alpha value is -2.72. The number of nitro groups is 1. The smallest absolute Gasteiger partial charge is 0.295 e. The Bertz CT molecular complexity index is 726. The SMILES string of the molecule is CNC(C)(C#N)COc1ccc([N+](=O)[O-])c2ncccc12. The zero-order valence-corrected chi connectivity index (χ0v) is 11.7. The van der Waals surface area contributed by atoms with Crippen molar-refractivity contribution in [2.75, 3.05) is 13.7 Å². The molecule has 0 aliphatic heterocycles. The van der Waals surface area contributed by atoms with Crippen molar-refractivity contribution in [3.05, 3.63) is 40.6 Å². The molecule has 0 aliphatic carbocycles. The zero-order valence-electron chi connectivity index (χ0n) is 11.7. The lowest BCUT2D eigenvalue weighted by Gasteiger charge is -2.21. The van der Waals surface area contributed by atoms with Gasteiger partial charge in [0.05, 0.1) is 11.0 Å². The van der Waals surface area contributed by atoms with Crippen LogP contribution >= 0.6 is 0 Å². The van der Waals surface area contributed by atoms with Gasteiger partial charge in [0.15, 0.2) is 5.52 Å². The summed E-state index contributed by atoms with van der Waals surface area (Å²) in [5.41, 5.74) is -0.645. The zero-order chi connectivity index (χ0) is 15.5. The van der Waals surface area contributed by atoms with E-state index in [1.54, 1.807) is 26.1 Å². The van der Waals surface area contributed by atoms with Crippen LogP contribution in [0.3, 0.4) is 0 Å². The van der Waals surface area contributed by atoms with Gasteiger partial charge in [0.2, 0.25) is 0 Å². The van der Waals surface area contributed by atoms with Gasteiger partial charge in [0.25, 0.3) is 5.69 Å². The van der Waals surface area contributed by atoms with E-state index in [0.717, 1.165) is 0 Å². The third-order valence-electron chi connectivity index (χ3n) is 3.22. The summed E-state index contributed by atoms with van der Waals surface area (Å²) < 4.78 is 5.65. The van der Waals surface area contributed by atoms with Gasteiger partial charge >= 0.3 is 0 Å². The fourth-order valence-electron chi connectivity index (χ4n) is 1.79. The van der Waals surface area contributed by atoms with Gasteiger partial charge in [-0.25, -0.2) is 4.98 Å². The second-order valence-corrected chi connectivity index (χ2v) is 4.72. The molecule has 1 N–H and O–H groups in total. The first-order valence-electron chi connectivity index (χ1n) is 6.26.